The van der Waals surface area contributed by atoms with Gasteiger partial charge in [0.2, 0.25) is 0 Å². The summed E-state index contributed by atoms with van der Waals surface area (Å²) in [6.45, 7) is 7.43. The van der Waals surface area contributed by atoms with Crippen LogP contribution in [0.4, 0.5) is 5.69 Å². The summed E-state index contributed by atoms with van der Waals surface area (Å²) in [4.78, 5) is 11.8. The van der Waals surface area contributed by atoms with Crippen molar-refractivity contribution in [3.05, 3.63) is 23.2 Å². The molecule has 1 unspecified atom stereocenters. The molecule has 0 heterocycles. The maximum Gasteiger partial charge on any atom is 0.261 e. The molecule has 0 saturated carbocycles. The number of amides is 1. The molecule has 0 aliphatic heterocycles. The normalized spacial score (nSPS) is 12.9. The average Bonchev–Trinajstić information content (AvgIpc) is 2.21. The molecule has 1 aromatic rings. The Kier molecular flexibility index (Phi) is 4.46. The molecule has 0 bridgehead atoms. The van der Waals surface area contributed by atoms with Crippen molar-refractivity contribution in [3.63, 3.8) is 0 Å². The van der Waals surface area contributed by atoms with Gasteiger partial charge in [0.15, 0.2) is 6.10 Å². The quantitative estimate of drug-likeness (QED) is 0.830. The minimum Gasteiger partial charge on any atom is -0.481 e. The van der Waals surface area contributed by atoms with Crippen molar-refractivity contribution in [2.45, 2.75) is 39.3 Å². The van der Waals surface area contributed by atoms with Gasteiger partial charge in [0.1, 0.15) is 5.75 Å². The molecule has 1 atom stereocenters. The molecular formula is C13H19ClN2O2. The zero-order valence-corrected chi connectivity index (χ0v) is 11.8. The Balaban J connectivity index is 2.66. The summed E-state index contributed by atoms with van der Waals surface area (Å²) in [5.74, 6) is 0.348. The van der Waals surface area contributed by atoms with Gasteiger partial charge < -0.3 is 15.8 Å². The van der Waals surface area contributed by atoms with Crippen LogP contribution >= 0.6 is 11.6 Å². The van der Waals surface area contributed by atoms with Crippen molar-refractivity contribution < 1.29 is 9.53 Å². The van der Waals surface area contributed by atoms with Crippen LogP contribution in [0.3, 0.4) is 0 Å². The Morgan fingerprint density at radius 1 is 1.44 bits per heavy atom. The highest BCUT2D eigenvalue weighted by Gasteiger charge is 2.20. The van der Waals surface area contributed by atoms with Crippen molar-refractivity contribution in [3.8, 4) is 5.75 Å². The Bertz CT molecular complexity index is 441. The second-order valence-electron chi connectivity index (χ2n) is 5.18. The summed E-state index contributed by atoms with van der Waals surface area (Å²) < 4.78 is 5.51. The molecule has 100 valence electrons. The number of nitrogens with two attached hydrogens (primary N) is 1. The fourth-order valence-corrected chi connectivity index (χ4v) is 1.48. The number of anilines is 1. The number of carbonyl (C=O) groups is 1. The fraction of sp³-hybridized carbons (Fsp3) is 0.462. The molecule has 18 heavy (non-hydrogen) atoms. The van der Waals surface area contributed by atoms with Crippen LogP contribution in [-0.4, -0.2) is 17.6 Å². The van der Waals surface area contributed by atoms with Crippen molar-refractivity contribution in [1.82, 2.24) is 5.32 Å². The van der Waals surface area contributed by atoms with Crippen LogP contribution < -0.4 is 15.8 Å². The SMILES string of the molecule is CC(Oc1ccc(N)c(Cl)c1)C(=O)NC(C)(C)C. The summed E-state index contributed by atoms with van der Waals surface area (Å²) in [6, 6.07) is 4.92. The number of rotatable bonds is 3. The van der Waals surface area contributed by atoms with E-state index in [1.165, 1.54) is 0 Å². The Morgan fingerprint density at radius 3 is 2.56 bits per heavy atom. The van der Waals surface area contributed by atoms with E-state index >= 15 is 0 Å². The molecule has 0 aliphatic rings. The van der Waals surface area contributed by atoms with Gasteiger partial charge in [0.05, 0.1) is 10.7 Å². The summed E-state index contributed by atoms with van der Waals surface area (Å²) in [5.41, 5.74) is 5.79. The standard InChI is InChI=1S/C13H19ClN2O2/c1-8(12(17)16-13(2,3)4)18-9-5-6-11(15)10(14)7-9/h5-8H,15H2,1-4H3,(H,16,17). The minimum atomic E-state index is -0.594. The van der Waals surface area contributed by atoms with Gasteiger partial charge in [-0.15, -0.1) is 0 Å². The number of hydrogen-bond acceptors (Lipinski definition) is 3. The van der Waals surface area contributed by atoms with E-state index in [9.17, 15) is 4.79 Å². The van der Waals surface area contributed by atoms with Crippen LogP contribution in [0.1, 0.15) is 27.7 Å². The molecule has 0 fully saturated rings. The topological polar surface area (TPSA) is 64.3 Å². The van der Waals surface area contributed by atoms with Gasteiger partial charge in [-0.05, 0) is 39.8 Å². The lowest BCUT2D eigenvalue weighted by Gasteiger charge is -2.23. The fourth-order valence-electron chi connectivity index (χ4n) is 1.31. The first-order chi connectivity index (χ1) is 8.19. The first kappa shape index (κ1) is 14.6. The third-order valence-corrected chi connectivity index (χ3v) is 2.48. The van der Waals surface area contributed by atoms with Gasteiger partial charge in [-0.3, -0.25) is 4.79 Å². The monoisotopic (exact) mass is 270 g/mol. The highest BCUT2D eigenvalue weighted by Crippen LogP contribution is 2.24. The van der Waals surface area contributed by atoms with Crippen molar-refractivity contribution in [2.75, 3.05) is 5.73 Å². The van der Waals surface area contributed by atoms with Gasteiger partial charge in [-0.25, -0.2) is 0 Å². The number of nitrogens with one attached hydrogen (secondary N) is 1. The predicted molar refractivity (Wildman–Crippen MR) is 73.9 cm³/mol. The largest absolute Gasteiger partial charge is 0.481 e. The maximum atomic E-state index is 11.8. The molecule has 0 radical (unpaired) electrons. The molecule has 1 aromatic carbocycles. The number of nitrogen functional groups attached to an aromatic ring is 1. The first-order valence-electron chi connectivity index (χ1n) is 5.73. The third-order valence-electron chi connectivity index (χ3n) is 2.15. The maximum absolute atomic E-state index is 11.8. The lowest BCUT2D eigenvalue weighted by atomic mass is 10.1. The lowest BCUT2D eigenvalue weighted by Crippen LogP contribution is -2.46. The zero-order chi connectivity index (χ0) is 13.9. The number of ether oxygens (including phenoxy) is 1. The number of benzene rings is 1. The van der Waals surface area contributed by atoms with Crippen LogP contribution in [0.5, 0.6) is 5.75 Å². The zero-order valence-electron chi connectivity index (χ0n) is 11.1. The van der Waals surface area contributed by atoms with Crippen LogP contribution in [0.2, 0.25) is 5.02 Å². The summed E-state index contributed by atoms with van der Waals surface area (Å²) in [5, 5.41) is 3.26. The molecule has 1 amide bonds. The molecule has 0 aromatic heterocycles. The summed E-state index contributed by atoms with van der Waals surface area (Å²) in [6.07, 6.45) is -0.594. The van der Waals surface area contributed by atoms with E-state index in [2.05, 4.69) is 5.32 Å². The molecule has 0 spiro atoms. The van der Waals surface area contributed by atoms with Crippen molar-refractivity contribution in [1.29, 1.82) is 0 Å². The molecule has 3 N–H and O–H groups in total. The van der Waals surface area contributed by atoms with Crippen LogP contribution in [0.15, 0.2) is 18.2 Å². The van der Waals surface area contributed by atoms with Crippen molar-refractivity contribution in [2.24, 2.45) is 0 Å². The Labute approximate surface area is 112 Å². The van der Waals surface area contributed by atoms with Gasteiger partial charge in [-0.2, -0.15) is 0 Å². The molecule has 5 heteroatoms. The Hall–Kier alpha value is -1.42. The highest BCUT2D eigenvalue weighted by molar-refractivity contribution is 6.33. The number of carbonyl (C=O) groups excluding carboxylic acids is 1. The van der Waals surface area contributed by atoms with E-state index in [0.29, 0.717) is 16.5 Å². The molecule has 0 aliphatic carbocycles. The molecule has 1 rings (SSSR count). The van der Waals surface area contributed by atoms with Gasteiger partial charge >= 0.3 is 0 Å². The lowest BCUT2D eigenvalue weighted by molar-refractivity contribution is -0.128. The van der Waals surface area contributed by atoms with Crippen LogP contribution in [0, 0.1) is 0 Å². The molecule has 0 saturated heterocycles. The van der Waals surface area contributed by atoms with E-state index < -0.39 is 6.10 Å². The number of hydrogen-bond donors (Lipinski definition) is 2. The third kappa shape index (κ3) is 4.45. The number of halogens is 1. The first-order valence-corrected chi connectivity index (χ1v) is 6.10. The smallest absolute Gasteiger partial charge is 0.261 e. The van der Waals surface area contributed by atoms with Crippen LogP contribution in [0.25, 0.3) is 0 Å². The molecule has 4 nitrogen and oxygen atoms in total. The van der Waals surface area contributed by atoms with E-state index in [0.717, 1.165) is 0 Å². The van der Waals surface area contributed by atoms with E-state index in [-0.39, 0.29) is 11.4 Å². The second kappa shape index (κ2) is 5.48. The summed E-state index contributed by atoms with van der Waals surface area (Å²) in [7, 11) is 0. The van der Waals surface area contributed by atoms with Crippen molar-refractivity contribution >= 4 is 23.2 Å². The highest BCUT2D eigenvalue weighted by atomic mass is 35.5. The van der Waals surface area contributed by atoms with Gasteiger partial charge in [-0.1, -0.05) is 11.6 Å². The second-order valence-corrected chi connectivity index (χ2v) is 5.59. The Morgan fingerprint density at radius 2 is 2.06 bits per heavy atom. The predicted octanol–water partition coefficient (Wildman–Crippen LogP) is 2.60. The van der Waals surface area contributed by atoms with E-state index in [1.807, 2.05) is 20.8 Å². The van der Waals surface area contributed by atoms with Gasteiger partial charge in [0, 0.05) is 11.6 Å². The minimum absolute atomic E-state index is 0.171. The van der Waals surface area contributed by atoms with Crippen LogP contribution in [-0.2, 0) is 4.79 Å². The van der Waals surface area contributed by atoms with E-state index in [4.69, 9.17) is 22.1 Å². The average molecular weight is 271 g/mol. The van der Waals surface area contributed by atoms with E-state index in [1.54, 1.807) is 25.1 Å². The summed E-state index contributed by atoms with van der Waals surface area (Å²) >= 11 is 5.88. The molecular weight excluding hydrogens is 252 g/mol. The van der Waals surface area contributed by atoms with Gasteiger partial charge in [0.25, 0.3) is 5.91 Å².